The maximum Gasteiger partial charge on any atom is 0.123 e. The Bertz CT molecular complexity index is 396. The third-order valence-electron chi connectivity index (χ3n) is 3.14. The molecule has 0 aliphatic heterocycles. The normalized spacial score (nSPS) is 14.7. The molecule has 0 radical (unpaired) electrons. The number of benzene rings is 1. The van der Waals surface area contributed by atoms with Gasteiger partial charge in [-0.15, -0.1) is 0 Å². The van der Waals surface area contributed by atoms with Crippen LogP contribution in [0.4, 0.5) is 0 Å². The molecule has 1 aromatic rings. The number of hydrogen-bond acceptors (Lipinski definition) is 2. The molecule has 1 aliphatic rings. The van der Waals surface area contributed by atoms with E-state index in [1.807, 2.05) is 12.1 Å². The van der Waals surface area contributed by atoms with Crippen LogP contribution < -0.4 is 11.5 Å². The smallest absolute Gasteiger partial charge is 0.123 e. The highest BCUT2D eigenvalue weighted by atomic mass is 14.7. The molecule has 1 aliphatic carbocycles. The van der Waals surface area contributed by atoms with Gasteiger partial charge < -0.3 is 11.5 Å². The maximum absolute atomic E-state index is 7.55. The number of hydrogen-bond donors (Lipinski definition) is 3. The van der Waals surface area contributed by atoms with Crippen LogP contribution in [0.3, 0.4) is 0 Å². The Kier molecular flexibility index (Phi) is 2.73. The summed E-state index contributed by atoms with van der Waals surface area (Å²) in [6.07, 6.45) is 4.55. The van der Waals surface area contributed by atoms with Gasteiger partial charge in [-0.05, 0) is 42.4 Å². The zero-order chi connectivity index (χ0) is 10.8. The van der Waals surface area contributed by atoms with E-state index in [9.17, 15) is 0 Å². The van der Waals surface area contributed by atoms with Crippen molar-refractivity contribution in [2.45, 2.75) is 32.2 Å². The summed E-state index contributed by atoms with van der Waals surface area (Å²) in [6.45, 7) is 0.584. The molecule has 0 heterocycles. The van der Waals surface area contributed by atoms with Gasteiger partial charge in [-0.3, -0.25) is 5.41 Å². The summed E-state index contributed by atoms with van der Waals surface area (Å²) in [4.78, 5) is 0. The van der Waals surface area contributed by atoms with Gasteiger partial charge in [-0.1, -0.05) is 12.1 Å². The number of fused-ring (bicyclic) bond motifs is 1. The monoisotopic (exact) mass is 203 g/mol. The largest absolute Gasteiger partial charge is 0.384 e. The fourth-order valence-electron chi connectivity index (χ4n) is 2.39. The zero-order valence-corrected chi connectivity index (χ0v) is 8.84. The van der Waals surface area contributed by atoms with E-state index >= 15 is 0 Å². The lowest BCUT2D eigenvalue weighted by molar-refractivity contribution is 0.677. The first-order valence-corrected chi connectivity index (χ1v) is 5.42. The van der Waals surface area contributed by atoms with Gasteiger partial charge in [0.25, 0.3) is 0 Å². The van der Waals surface area contributed by atoms with Gasteiger partial charge in [0.2, 0.25) is 0 Å². The summed E-state index contributed by atoms with van der Waals surface area (Å²) in [6, 6.07) is 3.95. The average molecular weight is 203 g/mol. The molecule has 0 saturated heterocycles. The average Bonchev–Trinajstić information content (AvgIpc) is 2.27. The zero-order valence-electron chi connectivity index (χ0n) is 8.84. The van der Waals surface area contributed by atoms with Crippen molar-refractivity contribution in [1.29, 1.82) is 5.41 Å². The first kappa shape index (κ1) is 10.2. The van der Waals surface area contributed by atoms with Crippen LogP contribution in [0.25, 0.3) is 0 Å². The highest BCUT2D eigenvalue weighted by Gasteiger charge is 2.17. The fourth-order valence-corrected chi connectivity index (χ4v) is 2.39. The minimum absolute atomic E-state index is 0.178. The highest BCUT2D eigenvalue weighted by molar-refractivity contribution is 5.96. The lowest BCUT2D eigenvalue weighted by Crippen LogP contribution is -2.19. The summed E-state index contributed by atoms with van der Waals surface area (Å²) in [5.41, 5.74) is 16.0. The van der Waals surface area contributed by atoms with Gasteiger partial charge in [0.05, 0.1) is 0 Å². The summed E-state index contributed by atoms with van der Waals surface area (Å²) < 4.78 is 0. The molecule has 0 amide bonds. The number of amidine groups is 1. The summed E-state index contributed by atoms with van der Waals surface area (Å²) in [5.74, 6) is 0.178. The first-order valence-electron chi connectivity index (χ1n) is 5.42. The van der Waals surface area contributed by atoms with Crippen molar-refractivity contribution in [1.82, 2.24) is 0 Å². The topological polar surface area (TPSA) is 75.9 Å². The minimum atomic E-state index is 0.178. The maximum atomic E-state index is 7.55. The fraction of sp³-hybridized carbons (Fsp3) is 0.417. The van der Waals surface area contributed by atoms with Gasteiger partial charge in [0.15, 0.2) is 0 Å². The van der Waals surface area contributed by atoms with Crippen molar-refractivity contribution in [3.8, 4) is 0 Å². The van der Waals surface area contributed by atoms with Crippen molar-refractivity contribution in [2.75, 3.05) is 0 Å². The van der Waals surface area contributed by atoms with Gasteiger partial charge >= 0.3 is 0 Å². The quantitative estimate of drug-likeness (QED) is 0.500. The number of nitrogens with one attached hydrogen (secondary N) is 1. The Morgan fingerprint density at radius 3 is 2.47 bits per heavy atom. The van der Waals surface area contributed by atoms with Crippen molar-refractivity contribution >= 4 is 5.84 Å². The second kappa shape index (κ2) is 4.03. The van der Waals surface area contributed by atoms with Crippen molar-refractivity contribution < 1.29 is 0 Å². The summed E-state index contributed by atoms with van der Waals surface area (Å²) in [7, 11) is 0. The standard InChI is InChI=1S/C12H17N3/c13-7-8-5-6-11(12(14)15)10-4-2-1-3-9(8)10/h5-6H,1-4,7,13H2,(H3,14,15). The SMILES string of the molecule is N=C(N)c1ccc(CN)c2c1CCCC2. The molecule has 0 fully saturated rings. The van der Waals surface area contributed by atoms with Gasteiger partial charge in [0.1, 0.15) is 5.84 Å². The highest BCUT2D eigenvalue weighted by Crippen LogP contribution is 2.27. The molecule has 2 rings (SSSR count). The third-order valence-corrected chi connectivity index (χ3v) is 3.14. The lowest BCUT2D eigenvalue weighted by atomic mass is 9.85. The van der Waals surface area contributed by atoms with E-state index in [-0.39, 0.29) is 5.84 Å². The first-order chi connectivity index (χ1) is 7.24. The Morgan fingerprint density at radius 1 is 1.20 bits per heavy atom. The Labute approximate surface area is 90.0 Å². The Hall–Kier alpha value is -1.35. The molecular weight excluding hydrogens is 186 g/mol. The minimum Gasteiger partial charge on any atom is -0.384 e. The molecule has 1 aromatic carbocycles. The van der Waals surface area contributed by atoms with E-state index in [2.05, 4.69) is 0 Å². The summed E-state index contributed by atoms with van der Waals surface area (Å²) >= 11 is 0. The molecule has 15 heavy (non-hydrogen) atoms. The van der Waals surface area contributed by atoms with Crippen LogP contribution in [0.1, 0.15) is 35.1 Å². The van der Waals surface area contributed by atoms with E-state index in [0.717, 1.165) is 18.4 Å². The van der Waals surface area contributed by atoms with Crippen LogP contribution in [0.15, 0.2) is 12.1 Å². The van der Waals surface area contributed by atoms with Crippen LogP contribution in [-0.2, 0) is 19.4 Å². The number of nitrogen functional groups attached to an aromatic ring is 1. The predicted octanol–water partition coefficient (Wildman–Crippen LogP) is 1.31. The van der Waals surface area contributed by atoms with E-state index < -0.39 is 0 Å². The van der Waals surface area contributed by atoms with Gasteiger partial charge in [-0.2, -0.15) is 0 Å². The van der Waals surface area contributed by atoms with Gasteiger partial charge in [0, 0.05) is 12.1 Å². The predicted molar refractivity (Wildman–Crippen MR) is 62.0 cm³/mol. The van der Waals surface area contributed by atoms with E-state index in [4.69, 9.17) is 16.9 Å². The van der Waals surface area contributed by atoms with Crippen LogP contribution in [0, 0.1) is 5.41 Å². The Balaban J connectivity index is 2.57. The number of rotatable bonds is 2. The molecule has 0 saturated carbocycles. The van der Waals surface area contributed by atoms with Crippen molar-refractivity contribution in [3.05, 3.63) is 34.4 Å². The summed E-state index contributed by atoms with van der Waals surface area (Å²) in [5, 5.41) is 7.55. The van der Waals surface area contributed by atoms with Crippen LogP contribution >= 0.6 is 0 Å². The van der Waals surface area contributed by atoms with Crippen LogP contribution in [0.2, 0.25) is 0 Å². The van der Waals surface area contributed by atoms with Crippen LogP contribution in [-0.4, -0.2) is 5.84 Å². The molecule has 80 valence electrons. The second-order valence-electron chi connectivity index (χ2n) is 4.05. The molecule has 3 heteroatoms. The molecule has 5 N–H and O–H groups in total. The lowest BCUT2D eigenvalue weighted by Gasteiger charge is -2.21. The molecule has 0 spiro atoms. The van der Waals surface area contributed by atoms with E-state index in [0.29, 0.717) is 6.54 Å². The Morgan fingerprint density at radius 2 is 1.87 bits per heavy atom. The van der Waals surface area contributed by atoms with Gasteiger partial charge in [-0.25, -0.2) is 0 Å². The molecule has 0 aromatic heterocycles. The molecule has 0 atom stereocenters. The molecule has 0 bridgehead atoms. The van der Waals surface area contributed by atoms with E-state index in [1.54, 1.807) is 0 Å². The molecular formula is C12H17N3. The van der Waals surface area contributed by atoms with Crippen LogP contribution in [0.5, 0.6) is 0 Å². The van der Waals surface area contributed by atoms with Crippen molar-refractivity contribution in [3.63, 3.8) is 0 Å². The van der Waals surface area contributed by atoms with E-state index in [1.165, 1.54) is 29.5 Å². The molecule has 3 nitrogen and oxygen atoms in total. The molecule has 0 unspecified atom stereocenters. The number of nitrogens with two attached hydrogens (primary N) is 2. The van der Waals surface area contributed by atoms with Crippen molar-refractivity contribution in [2.24, 2.45) is 11.5 Å². The third kappa shape index (κ3) is 1.75. The second-order valence-corrected chi connectivity index (χ2v) is 4.05.